The second kappa shape index (κ2) is 5.99. The molecule has 1 aromatic heterocycles. The number of aromatic amines is 1. The van der Waals surface area contributed by atoms with Crippen molar-refractivity contribution in [1.29, 1.82) is 0 Å². The Labute approximate surface area is 136 Å². The minimum Gasteiger partial charge on any atom is -0.371 e. The molecule has 0 spiro atoms. The number of aromatic nitrogens is 1. The zero-order chi connectivity index (χ0) is 15.6. The van der Waals surface area contributed by atoms with Crippen LogP contribution in [0.3, 0.4) is 0 Å². The van der Waals surface area contributed by atoms with Gasteiger partial charge in [0.1, 0.15) is 12.0 Å². The molecule has 5 nitrogen and oxygen atoms in total. The Bertz CT molecular complexity index is 707. The Kier molecular flexibility index (Phi) is 3.69. The van der Waals surface area contributed by atoms with E-state index in [1.165, 1.54) is 22.4 Å². The van der Waals surface area contributed by atoms with Crippen molar-refractivity contribution in [3.05, 3.63) is 59.3 Å². The number of allylic oxidation sites excluding steroid dienone is 1. The van der Waals surface area contributed by atoms with E-state index in [1.54, 1.807) is 0 Å². The molecule has 5 heteroatoms. The smallest absolute Gasteiger partial charge is 0.106 e. The van der Waals surface area contributed by atoms with E-state index in [-0.39, 0.29) is 0 Å². The molecule has 0 bridgehead atoms. The second-order valence-corrected chi connectivity index (χ2v) is 6.44. The summed E-state index contributed by atoms with van der Waals surface area (Å²) in [5.41, 5.74) is 5.39. The van der Waals surface area contributed by atoms with Crippen molar-refractivity contribution < 1.29 is 0 Å². The molecular formula is C18H23N5. The average Bonchev–Trinajstić information content (AvgIpc) is 3.26. The van der Waals surface area contributed by atoms with Gasteiger partial charge in [-0.05, 0) is 54.9 Å². The summed E-state index contributed by atoms with van der Waals surface area (Å²) in [5.74, 6) is 1.59. The molecule has 3 aliphatic heterocycles. The number of fused-ring (bicyclic) bond motifs is 1. The highest BCUT2D eigenvalue weighted by Crippen LogP contribution is 2.31. The van der Waals surface area contributed by atoms with Gasteiger partial charge in [0.2, 0.25) is 0 Å². The maximum atomic E-state index is 4.69. The molecule has 0 saturated heterocycles. The maximum absolute atomic E-state index is 4.69. The molecule has 2 unspecified atom stereocenters. The van der Waals surface area contributed by atoms with Crippen LogP contribution in [-0.2, 0) is 6.54 Å². The topological polar surface area (TPSA) is 64.2 Å². The third-order valence-electron chi connectivity index (χ3n) is 4.87. The van der Waals surface area contributed by atoms with Crippen molar-refractivity contribution in [3.8, 4) is 0 Å². The molecule has 0 saturated carbocycles. The molecule has 1 aromatic rings. The largest absolute Gasteiger partial charge is 0.371 e. The first-order chi connectivity index (χ1) is 11.3. The number of hydrogen-bond donors (Lipinski definition) is 4. The van der Waals surface area contributed by atoms with Crippen LogP contribution in [0.4, 0.5) is 0 Å². The first-order valence-corrected chi connectivity index (χ1v) is 8.28. The molecule has 120 valence electrons. The summed E-state index contributed by atoms with van der Waals surface area (Å²) in [6, 6.07) is 2.09. The van der Waals surface area contributed by atoms with Gasteiger partial charge in [0.25, 0.3) is 0 Å². The van der Waals surface area contributed by atoms with Crippen molar-refractivity contribution in [1.82, 2.24) is 20.9 Å². The van der Waals surface area contributed by atoms with E-state index in [0.29, 0.717) is 12.1 Å². The molecule has 0 aliphatic carbocycles. The average molecular weight is 309 g/mol. The molecule has 23 heavy (non-hydrogen) atoms. The lowest BCUT2D eigenvalue weighted by atomic mass is 9.92. The molecule has 0 amide bonds. The summed E-state index contributed by atoms with van der Waals surface area (Å²) < 4.78 is 0. The lowest BCUT2D eigenvalue weighted by Crippen LogP contribution is -2.34. The highest BCUT2D eigenvalue weighted by molar-refractivity contribution is 5.84. The van der Waals surface area contributed by atoms with Crippen molar-refractivity contribution in [2.24, 2.45) is 10.9 Å². The van der Waals surface area contributed by atoms with Gasteiger partial charge in [0.15, 0.2) is 0 Å². The molecule has 4 N–H and O–H groups in total. The van der Waals surface area contributed by atoms with Gasteiger partial charge >= 0.3 is 0 Å². The summed E-state index contributed by atoms with van der Waals surface area (Å²) in [6.45, 7) is 2.83. The summed E-state index contributed by atoms with van der Waals surface area (Å²) in [7, 11) is 0. The minimum absolute atomic E-state index is 0.364. The Hall–Kier alpha value is -2.43. The van der Waals surface area contributed by atoms with Crippen LogP contribution in [0.1, 0.15) is 30.5 Å². The van der Waals surface area contributed by atoms with E-state index in [0.717, 1.165) is 31.6 Å². The number of aryl methyl sites for hydroxylation is 1. The fourth-order valence-electron chi connectivity index (χ4n) is 3.39. The fraction of sp³-hybridized carbons (Fsp3) is 0.389. The molecule has 0 aromatic carbocycles. The zero-order valence-corrected chi connectivity index (χ0v) is 13.4. The summed E-state index contributed by atoms with van der Waals surface area (Å²) in [6.07, 6.45) is 14.1. The van der Waals surface area contributed by atoms with Crippen molar-refractivity contribution in [3.63, 3.8) is 0 Å². The summed E-state index contributed by atoms with van der Waals surface area (Å²) in [5, 5.41) is 10.1. The fourth-order valence-corrected chi connectivity index (χ4v) is 3.39. The molecular weight excluding hydrogens is 286 g/mol. The van der Waals surface area contributed by atoms with Crippen molar-refractivity contribution in [2.75, 3.05) is 0 Å². The SMILES string of the molecule is Cc1cc[nH]c1CN=C1CCC(CC2=CNC3NC=CC23)=CN1. The molecule has 0 fully saturated rings. The maximum Gasteiger partial charge on any atom is 0.106 e. The predicted molar refractivity (Wildman–Crippen MR) is 92.5 cm³/mol. The number of hydrogen-bond acceptors (Lipinski definition) is 3. The number of nitrogens with one attached hydrogen (secondary N) is 4. The van der Waals surface area contributed by atoms with Gasteiger partial charge in [-0.2, -0.15) is 0 Å². The standard InChI is InChI=1S/C18H23N5/c1-12-4-6-19-16(12)11-22-17-3-2-13(9-21-17)8-14-10-23-18-15(14)5-7-20-18/h4-7,9-10,15,18-20,23H,2-3,8,11H2,1H3,(H,21,22). The molecule has 4 rings (SSSR count). The molecule has 0 radical (unpaired) electrons. The van der Waals surface area contributed by atoms with Gasteiger partial charge in [0, 0.05) is 30.4 Å². The van der Waals surface area contributed by atoms with Crippen LogP contribution in [0.15, 0.2) is 53.1 Å². The number of aliphatic imine (C=N–C) groups is 1. The number of amidine groups is 1. The number of nitrogens with zero attached hydrogens (tertiary/aromatic N) is 1. The van der Waals surface area contributed by atoms with Crippen LogP contribution in [0.5, 0.6) is 0 Å². The predicted octanol–water partition coefficient (Wildman–Crippen LogP) is 2.43. The van der Waals surface area contributed by atoms with Crippen LogP contribution < -0.4 is 16.0 Å². The van der Waals surface area contributed by atoms with E-state index in [4.69, 9.17) is 0 Å². The van der Waals surface area contributed by atoms with Crippen LogP contribution in [0, 0.1) is 12.8 Å². The van der Waals surface area contributed by atoms with E-state index < -0.39 is 0 Å². The Morgan fingerprint density at radius 3 is 2.96 bits per heavy atom. The third-order valence-corrected chi connectivity index (χ3v) is 4.87. The van der Waals surface area contributed by atoms with E-state index >= 15 is 0 Å². The Morgan fingerprint density at radius 2 is 2.17 bits per heavy atom. The monoisotopic (exact) mass is 309 g/mol. The van der Waals surface area contributed by atoms with Crippen molar-refractivity contribution in [2.45, 2.75) is 38.9 Å². The van der Waals surface area contributed by atoms with Crippen LogP contribution >= 0.6 is 0 Å². The first kappa shape index (κ1) is 14.2. The summed E-state index contributed by atoms with van der Waals surface area (Å²) >= 11 is 0. The second-order valence-electron chi connectivity index (χ2n) is 6.44. The summed E-state index contributed by atoms with van der Waals surface area (Å²) in [4.78, 5) is 7.93. The van der Waals surface area contributed by atoms with E-state index in [1.807, 2.05) is 6.20 Å². The normalized spacial score (nSPS) is 27.1. The van der Waals surface area contributed by atoms with Crippen LogP contribution in [-0.4, -0.2) is 17.0 Å². The minimum atomic E-state index is 0.364. The lowest BCUT2D eigenvalue weighted by molar-refractivity contribution is 0.520. The number of rotatable bonds is 4. The van der Waals surface area contributed by atoms with Gasteiger partial charge in [-0.1, -0.05) is 6.08 Å². The van der Waals surface area contributed by atoms with Gasteiger partial charge in [-0.25, -0.2) is 0 Å². The van der Waals surface area contributed by atoms with Gasteiger partial charge in [-0.15, -0.1) is 0 Å². The quantitative estimate of drug-likeness (QED) is 0.691. The van der Waals surface area contributed by atoms with Crippen LogP contribution in [0.2, 0.25) is 0 Å². The Balaban J connectivity index is 1.34. The molecule has 4 heterocycles. The highest BCUT2D eigenvalue weighted by Gasteiger charge is 2.30. The zero-order valence-electron chi connectivity index (χ0n) is 13.4. The van der Waals surface area contributed by atoms with Crippen LogP contribution in [0.25, 0.3) is 0 Å². The van der Waals surface area contributed by atoms with Gasteiger partial charge in [0.05, 0.1) is 6.54 Å². The molecule has 2 atom stereocenters. The van der Waals surface area contributed by atoms with Gasteiger partial charge in [-0.3, -0.25) is 4.99 Å². The van der Waals surface area contributed by atoms with Gasteiger partial charge < -0.3 is 20.9 Å². The number of H-pyrrole nitrogens is 1. The van der Waals surface area contributed by atoms with Crippen molar-refractivity contribution >= 4 is 5.84 Å². The first-order valence-electron chi connectivity index (χ1n) is 8.28. The van der Waals surface area contributed by atoms with E-state index in [2.05, 4.69) is 63.6 Å². The van der Waals surface area contributed by atoms with E-state index in [9.17, 15) is 0 Å². The lowest BCUT2D eigenvalue weighted by Gasteiger charge is -2.19. The highest BCUT2D eigenvalue weighted by atomic mass is 15.1. The molecule has 3 aliphatic rings. The Morgan fingerprint density at radius 1 is 1.22 bits per heavy atom. The third kappa shape index (κ3) is 2.91.